The first-order chi connectivity index (χ1) is 13.0. The molecule has 0 radical (unpaired) electrons. The molecule has 2 heterocycles. The number of H-pyrrole nitrogens is 1. The second-order valence-electron chi connectivity index (χ2n) is 7.06. The first-order valence-electron chi connectivity index (χ1n) is 9.17. The van der Waals surface area contributed by atoms with Crippen LogP contribution in [0.25, 0.3) is 11.0 Å². The number of pyridine rings is 1. The summed E-state index contributed by atoms with van der Waals surface area (Å²) in [4.78, 5) is 26.0. The number of aromatic nitrogens is 3. The van der Waals surface area contributed by atoms with Gasteiger partial charge in [-0.3, -0.25) is 9.48 Å². The molecule has 3 N–H and O–H groups in total. The number of benzene rings is 1. The smallest absolute Gasteiger partial charge is 0.404 e. The van der Waals surface area contributed by atoms with Crippen LogP contribution in [0.4, 0.5) is 4.79 Å². The van der Waals surface area contributed by atoms with Crippen LogP contribution in [0.3, 0.4) is 0 Å². The minimum absolute atomic E-state index is 0.0158. The van der Waals surface area contributed by atoms with Crippen LogP contribution in [0.5, 0.6) is 0 Å². The fourth-order valence-electron chi connectivity index (χ4n) is 3.92. The van der Waals surface area contributed by atoms with Crippen molar-refractivity contribution in [3.8, 4) is 0 Å². The Hall–Kier alpha value is -3.09. The van der Waals surface area contributed by atoms with Gasteiger partial charge in [-0.25, -0.2) is 4.79 Å². The molecular formula is C20H22N4O3. The van der Waals surface area contributed by atoms with E-state index in [2.05, 4.69) is 15.4 Å². The molecular weight excluding hydrogens is 344 g/mol. The zero-order valence-corrected chi connectivity index (χ0v) is 15.2. The molecule has 27 heavy (non-hydrogen) atoms. The van der Waals surface area contributed by atoms with Crippen molar-refractivity contribution in [3.63, 3.8) is 0 Å². The largest absolute Gasteiger partial charge is 0.465 e. The van der Waals surface area contributed by atoms with Gasteiger partial charge in [0.15, 0.2) is 0 Å². The highest BCUT2D eigenvalue weighted by molar-refractivity contribution is 5.84. The van der Waals surface area contributed by atoms with Gasteiger partial charge in [-0.15, -0.1) is 0 Å². The number of carbonyl (C=O) groups is 1. The van der Waals surface area contributed by atoms with Crippen molar-refractivity contribution in [1.82, 2.24) is 20.1 Å². The molecule has 0 atom stereocenters. The molecule has 0 unspecified atom stereocenters. The molecule has 0 saturated heterocycles. The number of hydrogen-bond acceptors (Lipinski definition) is 3. The van der Waals surface area contributed by atoms with E-state index in [1.54, 1.807) is 4.68 Å². The molecule has 0 aliphatic heterocycles. The predicted molar refractivity (Wildman–Crippen MR) is 102 cm³/mol. The third-order valence-electron chi connectivity index (χ3n) is 5.23. The first-order valence-corrected chi connectivity index (χ1v) is 9.17. The van der Waals surface area contributed by atoms with Crippen LogP contribution in [0, 0.1) is 0 Å². The maximum absolute atomic E-state index is 12.4. The summed E-state index contributed by atoms with van der Waals surface area (Å²) in [5.74, 6) is 0. The Morgan fingerprint density at radius 2 is 1.85 bits per heavy atom. The van der Waals surface area contributed by atoms with Gasteiger partial charge >= 0.3 is 6.09 Å². The molecule has 0 saturated carbocycles. The Kier molecular flexibility index (Phi) is 4.43. The predicted octanol–water partition coefficient (Wildman–Crippen LogP) is 2.50. The van der Waals surface area contributed by atoms with Gasteiger partial charge in [0.1, 0.15) is 5.65 Å². The quantitative estimate of drug-likeness (QED) is 0.660. The van der Waals surface area contributed by atoms with Crippen LogP contribution < -0.4 is 10.9 Å². The van der Waals surface area contributed by atoms with Gasteiger partial charge in [0.05, 0.1) is 5.69 Å². The Morgan fingerprint density at radius 3 is 2.56 bits per heavy atom. The van der Waals surface area contributed by atoms with Crippen molar-refractivity contribution in [3.05, 3.63) is 62.6 Å². The maximum Gasteiger partial charge on any atom is 0.404 e. The molecule has 0 spiro atoms. The van der Waals surface area contributed by atoms with Crippen molar-refractivity contribution in [2.75, 3.05) is 0 Å². The van der Waals surface area contributed by atoms with Gasteiger partial charge in [0, 0.05) is 31.0 Å². The van der Waals surface area contributed by atoms with E-state index < -0.39 is 6.09 Å². The first kappa shape index (κ1) is 17.3. The summed E-state index contributed by atoms with van der Waals surface area (Å²) in [6, 6.07) is 7.84. The van der Waals surface area contributed by atoms with Crippen LogP contribution in [0.15, 0.2) is 29.1 Å². The van der Waals surface area contributed by atoms with Crippen LogP contribution in [0.2, 0.25) is 0 Å². The Bertz CT molecular complexity index is 1060. The van der Waals surface area contributed by atoms with Gasteiger partial charge in [0.25, 0.3) is 5.56 Å². The molecule has 7 heteroatoms. The molecule has 1 aromatic carbocycles. The average Bonchev–Trinajstić information content (AvgIpc) is 2.97. The Morgan fingerprint density at radius 1 is 1.19 bits per heavy atom. The molecule has 0 fully saturated rings. The minimum Gasteiger partial charge on any atom is -0.465 e. The monoisotopic (exact) mass is 366 g/mol. The third-order valence-corrected chi connectivity index (χ3v) is 5.23. The van der Waals surface area contributed by atoms with Gasteiger partial charge in [-0.2, -0.15) is 5.10 Å². The molecule has 1 aliphatic rings. The summed E-state index contributed by atoms with van der Waals surface area (Å²) in [6.45, 7) is 0.289. The number of carboxylic acid groups (broad SMARTS) is 1. The van der Waals surface area contributed by atoms with E-state index in [0.29, 0.717) is 6.42 Å². The molecule has 1 aliphatic carbocycles. The average molecular weight is 366 g/mol. The number of nitrogens with one attached hydrogen (secondary N) is 2. The molecule has 4 rings (SSSR count). The van der Waals surface area contributed by atoms with Gasteiger partial charge in [-0.05, 0) is 42.4 Å². The fraction of sp³-hybridized carbons (Fsp3) is 0.350. The molecule has 2 aromatic heterocycles. The third kappa shape index (κ3) is 3.32. The maximum atomic E-state index is 12.4. The second-order valence-corrected chi connectivity index (χ2v) is 7.06. The molecule has 140 valence electrons. The van der Waals surface area contributed by atoms with Crippen LogP contribution in [-0.4, -0.2) is 26.0 Å². The number of aryl methyl sites for hydroxylation is 2. The summed E-state index contributed by atoms with van der Waals surface area (Å²) >= 11 is 0. The lowest BCUT2D eigenvalue weighted by Crippen LogP contribution is -2.20. The van der Waals surface area contributed by atoms with Crippen molar-refractivity contribution >= 4 is 17.1 Å². The summed E-state index contributed by atoms with van der Waals surface area (Å²) in [7, 11) is 1.86. The Labute approximate surface area is 156 Å². The van der Waals surface area contributed by atoms with Crippen molar-refractivity contribution in [2.45, 2.75) is 38.6 Å². The lowest BCUT2D eigenvalue weighted by molar-refractivity contribution is 0.194. The standard InChI is InChI=1S/C20H22N4O3/c1-24-18-17(14-4-2-3-5-15(14)19(25)22-18)16(23-24)10-12-6-8-13(9-7-12)11-21-20(26)27/h6-9,21H,2-5,10-11H2,1H3,(H,22,25)(H,26,27). The zero-order valence-electron chi connectivity index (χ0n) is 15.2. The van der Waals surface area contributed by atoms with E-state index in [9.17, 15) is 9.59 Å². The number of fused-ring (bicyclic) bond motifs is 3. The highest BCUT2D eigenvalue weighted by Crippen LogP contribution is 2.29. The highest BCUT2D eigenvalue weighted by atomic mass is 16.4. The van der Waals surface area contributed by atoms with E-state index in [-0.39, 0.29) is 12.1 Å². The Balaban J connectivity index is 1.68. The van der Waals surface area contributed by atoms with E-state index in [4.69, 9.17) is 5.11 Å². The molecule has 0 bridgehead atoms. The number of hydrogen-bond donors (Lipinski definition) is 3. The number of rotatable bonds is 4. The number of aromatic amines is 1. The molecule has 7 nitrogen and oxygen atoms in total. The minimum atomic E-state index is -1.03. The SMILES string of the molecule is Cn1nc(Cc2ccc(CNC(=O)O)cc2)c2c3c(c(=O)[nH]c21)CCCC3. The lowest BCUT2D eigenvalue weighted by atomic mass is 9.89. The topological polar surface area (TPSA) is 100 Å². The summed E-state index contributed by atoms with van der Waals surface area (Å²) in [5, 5.41) is 16.8. The van der Waals surface area contributed by atoms with E-state index in [1.807, 2.05) is 31.3 Å². The normalized spacial score (nSPS) is 13.5. The highest BCUT2D eigenvalue weighted by Gasteiger charge is 2.21. The van der Waals surface area contributed by atoms with Gasteiger partial charge < -0.3 is 15.4 Å². The van der Waals surface area contributed by atoms with Crippen LogP contribution in [-0.2, 0) is 32.9 Å². The van der Waals surface area contributed by atoms with Crippen molar-refractivity contribution in [2.24, 2.45) is 7.05 Å². The molecule has 1 amide bonds. The lowest BCUT2D eigenvalue weighted by Gasteiger charge is -2.16. The van der Waals surface area contributed by atoms with E-state index in [0.717, 1.165) is 64.7 Å². The summed E-state index contributed by atoms with van der Waals surface area (Å²) in [6.07, 6.45) is 3.56. The number of amides is 1. The van der Waals surface area contributed by atoms with Gasteiger partial charge in [-0.1, -0.05) is 24.3 Å². The number of nitrogens with zero attached hydrogens (tertiary/aromatic N) is 2. The fourth-order valence-corrected chi connectivity index (χ4v) is 3.92. The van der Waals surface area contributed by atoms with Gasteiger partial charge in [0.2, 0.25) is 0 Å². The van der Waals surface area contributed by atoms with Crippen LogP contribution >= 0.6 is 0 Å². The van der Waals surface area contributed by atoms with Crippen molar-refractivity contribution < 1.29 is 9.90 Å². The second kappa shape index (κ2) is 6.90. The van der Waals surface area contributed by atoms with Crippen molar-refractivity contribution in [1.29, 1.82) is 0 Å². The zero-order chi connectivity index (χ0) is 19.0. The molecule has 3 aromatic rings. The van der Waals surface area contributed by atoms with Crippen LogP contribution in [0.1, 0.15) is 40.8 Å². The van der Waals surface area contributed by atoms with E-state index in [1.165, 1.54) is 0 Å². The summed E-state index contributed by atoms with van der Waals surface area (Å²) < 4.78 is 1.76. The summed E-state index contributed by atoms with van der Waals surface area (Å²) in [5.41, 5.74) is 5.86. The van der Waals surface area contributed by atoms with E-state index >= 15 is 0 Å².